The molecule has 300 valence electrons. The van der Waals surface area contributed by atoms with Crippen LogP contribution in [0.1, 0.15) is 33.4 Å². The van der Waals surface area contributed by atoms with Gasteiger partial charge in [-0.25, -0.2) is 19.3 Å². The highest BCUT2D eigenvalue weighted by Crippen LogP contribution is 2.42. The second-order valence-electron chi connectivity index (χ2n) is 16.6. The van der Waals surface area contributed by atoms with Crippen LogP contribution < -0.4 is 0 Å². The van der Waals surface area contributed by atoms with Crippen LogP contribution in [0, 0.1) is 47.4 Å². The summed E-state index contributed by atoms with van der Waals surface area (Å²) in [6.45, 7) is 13.1. The number of hydrogen-bond donors (Lipinski definition) is 0. The molecular weight excluding hydrogens is 760 g/mol. The van der Waals surface area contributed by atoms with Gasteiger partial charge in [-0.05, 0) is 146 Å². The molecule has 0 radical (unpaired) electrons. The summed E-state index contributed by atoms with van der Waals surface area (Å²) in [4.78, 5) is 15.4. The topological polar surface area (TPSA) is 43.6 Å². The highest BCUT2D eigenvalue weighted by molar-refractivity contribution is 6.12. The number of aromatic nitrogens is 4. The quantitative estimate of drug-likeness (QED) is 0.161. The molecule has 2 heterocycles. The molecule has 0 fully saturated rings. The molecule has 0 saturated heterocycles. The first-order valence-corrected chi connectivity index (χ1v) is 21.1. The first-order valence-electron chi connectivity index (χ1n) is 21.1. The Balaban J connectivity index is 1.30. The molecule has 5 heteroatoms. The number of halogens is 1. The molecule has 0 saturated carbocycles. The van der Waals surface area contributed by atoms with Crippen molar-refractivity contribution in [2.45, 2.75) is 41.5 Å². The van der Waals surface area contributed by atoms with Crippen molar-refractivity contribution in [3.63, 3.8) is 0 Å². The maximum atomic E-state index is 14.9. The summed E-state index contributed by atoms with van der Waals surface area (Å²) in [5.74, 6) is 1.42. The molecule has 10 rings (SSSR count). The Morgan fingerprint density at radius 1 is 0.371 bits per heavy atom. The molecule has 0 N–H and O–H groups in total. The van der Waals surface area contributed by atoms with Gasteiger partial charge in [0.1, 0.15) is 5.82 Å². The molecular formula is C57H45FN4. The number of benzene rings is 8. The van der Waals surface area contributed by atoms with Gasteiger partial charge in [-0.3, -0.25) is 0 Å². The van der Waals surface area contributed by atoms with Crippen LogP contribution in [0.5, 0.6) is 0 Å². The summed E-state index contributed by atoms with van der Waals surface area (Å²) < 4.78 is 17.2. The summed E-state index contributed by atoms with van der Waals surface area (Å²) in [7, 11) is 0. The van der Waals surface area contributed by atoms with Crippen LogP contribution in [0.3, 0.4) is 0 Å². The summed E-state index contributed by atoms with van der Waals surface area (Å²) in [5.41, 5.74) is 19.6. The lowest BCUT2D eigenvalue weighted by Gasteiger charge is -2.17. The van der Waals surface area contributed by atoms with Crippen molar-refractivity contribution in [1.82, 2.24) is 19.5 Å². The second-order valence-corrected chi connectivity index (χ2v) is 16.6. The zero-order valence-electron chi connectivity index (χ0n) is 35.8. The first-order chi connectivity index (χ1) is 30.1. The molecule has 0 spiro atoms. The monoisotopic (exact) mass is 804 g/mol. The van der Waals surface area contributed by atoms with E-state index in [1.54, 1.807) is 12.1 Å². The lowest BCUT2D eigenvalue weighted by atomic mass is 9.91. The minimum absolute atomic E-state index is 0.286. The maximum absolute atomic E-state index is 14.9. The highest BCUT2D eigenvalue weighted by atomic mass is 19.1. The Labute approximate surface area is 362 Å². The van der Waals surface area contributed by atoms with Crippen LogP contribution in [0.2, 0.25) is 0 Å². The van der Waals surface area contributed by atoms with Crippen LogP contribution >= 0.6 is 0 Å². The number of rotatable bonds is 7. The average Bonchev–Trinajstić information content (AvgIpc) is 3.59. The van der Waals surface area contributed by atoms with E-state index >= 15 is 0 Å². The van der Waals surface area contributed by atoms with Crippen molar-refractivity contribution >= 4 is 21.8 Å². The fourth-order valence-corrected chi connectivity index (χ4v) is 9.55. The van der Waals surface area contributed by atoms with Crippen LogP contribution in [0.25, 0.3) is 95.0 Å². The molecule has 4 nitrogen and oxygen atoms in total. The van der Waals surface area contributed by atoms with E-state index in [4.69, 9.17) is 15.0 Å². The Morgan fingerprint density at radius 3 is 1.29 bits per heavy atom. The number of nitrogens with zero attached hydrogens (tertiary/aromatic N) is 4. The van der Waals surface area contributed by atoms with Gasteiger partial charge in [0.05, 0.1) is 16.7 Å². The van der Waals surface area contributed by atoms with E-state index in [0.717, 1.165) is 55.3 Å². The van der Waals surface area contributed by atoms with E-state index in [0.29, 0.717) is 17.5 Å². The SMILES string of the molecule is Cc1cc(C)c(-c2ccc3c(c2)c2cc(-c4c(C)cc(C)cc4C)ccc2n3-c2cc(-c3cccc(F)c3)ccc2-c2nc(-c3ccccc3)nc(-c3ccccc3)n2)c(C)c1. The zero-order chi connectivity index (χ0) is 42.6. The molecule has 0 atom stereocenters. The third-order valence-electron chi connectivity index (χ3n) is 12.0. The lowest BCUT2D eigenvalue weighted by Crippen LogP contribution is -2.04. The second kappa shape index (κ2) is 15.5. The van der Waals surface area contributed by atoms with Gasteiger partial charge in [0.2, 0.25) is 0 Å². The van der Waals surface area contributed by atoms with Gasteiger partial charge >= 0.3 is 0 Å². The van der Waals surface area contributed by atoms with Gasteiger partial charge in [0, 0.05) is 27.5 Å². The van der Waals surface area contributed by atoms with Gasteiger partial charge in [0.15, 0.2) is 17.5 Å². The predicted molar refractivity (Wildman–Crippen MR) is 255 cm³/mol. The van der Waals surface area contributed by atoms with Crippen molar-refractivity contribution in [2.75, 3.05) is 0 Å². The average molecular weight is 805 g/mol. The Kier molecular flexibility index (Phi) is 9.68. The third-order valence-corrected chi connectivity index (χ3v) is 12.0. The minimum Gasteiger partial charge on any atom is -0.308 e. The fraction of sp³-hybridized carbons (Fsp3) is 0.105. The van der Waals surface area contributed by atoms with Crippen molar-refractivity contribution in [2.24, 2.45) is 0 Å². The molecule has 2 aromatic heterocycles. The van der Waals surface area contributed by atoms with Crippen molar-refractivity contribution < 1.29 is 4.39 Å². The van der Waals surface area contributed by atoms with E-state index in [1.165, 1.54) is 61.7 Å². The number of aryl methyl sites for hydroxylation is 6. The summed E-state index contributed by atoms with van der Waals surface area (Å²) >= 11 is 0. The highest BCUT2D eigenvalue weighted by Gasteiger charge is 2.22. The van der Waals surface area contributed by atoms with Crippen LogP contribution in [-0.2, 0) is 0 Å². The molecule has 10 aromatic rings. The molecule has 0 bridgehead atoms. The van der Waals surface area contributed by atoms with Crippen molar-refractivity contribution in [1.29, 1.82) is 0 Å². The Hall–Kier alpha value is -7.50. The molecule has 0 aliphatic heterocycles. The largest absolute Gasteiger partial charge is 0.308 e. The van der Waals surface area contributed by atoms with Gasteiger partial charge in [0.25, 0.3) is 0 Å². The smallest absolute Gasteiger partial charge is 0.166 e. The summed E-state index contributed by atoms with van der Waals surface area (Å²) in [6.07, 6.45) is 0. The van der Waals surface area contributed by atoms with E-state index in [-0.39, 0.29) is 5.82 Å². The van der Waals surface area contributed by atoms with Crippen LogP contribution in [-0.4, -0.2) is 19.5 Å². The van der Waals surface area contributed by atoms with E-state index in [2.05, 4.69) is 119 Å². The Bertz CT molecular complexity index is 3150. The van der Waals surface area contributed by atoms with E-state index in [1.807, 2.05) is 72.8 Å². The minimum atomic E-state index is -0.286. The standard InChI is InChI=1S/C57H45FN4/c1-34-26-36(3)53(37(4)27-34)44-21-24-50-48(31-44)49-32-45(54-38(5)28-35(2)29-39(54)6)22-25-51(49)62(50)52-33-43(42-18-13-19-46(58)30-42)20-23-47(52)57-60-55(40-14-9-7-10-15-40)59-56(61-57)41-16-11-8-12-17-41/h7-33H,1-6H3. The van der Waals surface area contributed by atoms with Crippen molar-refractivity contribution in [3.8, 4) is 73.2 Å². The number of fused-ring (bicyclic) bond motifs is 3. The maximum Gasteiger partial charge on any atom is 0.166 e. The fourth-order valence-electron chi connectivity index (χ4n) is 9.55. The number of hydrogen-bond acceptors (Lipinski definition) is 3. The van der Waals surface area contributed by atoms with Crippen LogP contribution in [0.4, 0.5) is 4.39 Å². The van der Waals surface area contributed by atoms with Crippen LogP contribution in [0.15, 0.2) is 164 Å². The molecule has 0 aliphatic carbocycles. The normalized spacial score (nSPS) is 11.5. The predicted octanol–water partition coefficient (Wildman–Crippen LogP) is 15.0. The lowest BCUT2D eigenvalue weighted by molar-refractivity contribution is 0.628. The van der Waals surface area contributed by atoms with Crippen molar-refractivity contribution in [3.05, 3.63) is 203 Å². The molecule has 8 aromatic carbocycles. The summed E-state index contributed by atoms with van der Waals surface area (Å²) in [6, 6.07) is 55.9. The molecule has 0 unspecified atom stereocenters. The summed E-state index contributed by atoms with van der Waals surface area (Å²) in [5, 5.41) is 2.27. The third kappa shape index (κ3) is 6.95. The van der Waals surface area contributed by atoms with Gasteiger partial charge in [-0.1, -0.05) is 126 Å². The molecule has 0 aliphatic rings. The molecule has 0 amide bonds. The van der Waals surface area contributed by atoms with Gasteiger partial charge < -0.3 is 4.57 Å². The zero-order valence-corrected chi connectivity index (χ0v) is 35.8. The Morgan fingerprint density at radius 2 is 0.806 bits per heavy atom. The van der Waals surface area contributed by atoms with Gasteiger partial charge in [-0.15, -0.1) is 0 Å². The first kappa shape index (κ1) is 38.7. The van der Waals surface area contributed by atoms with E-state index in [9.17, 15) is 4.39 Å². The van der Waals surface area contributed by atoms with Gasteiger partial charge in [-0.2, -0.15) is 0 Å². The van der Waals surface area contributed by atoms with E-state index < -0.39 is 0 Å². The molecule has 62 heavy (non-hydrogen) atoms.